The van der Waals surface area contributed by atoms with E-state index in [-0.39, 0.29) is 11.7 Å². The van der Waals surface area contributed by atoms with Gasteiger partial charge in [-0.05, 0) is 48.2 Å². The Balaban J connectivity index is 1.67. The fourth-order valence-electron chi connectivity index (χ4n) is 3.64. The lowest BCUT2D eigenvalue weighted by atomic mass is 9.78. The summed E-state index contributed by atoms with van der Waals surface area (Å²) in [5.41, 5.74) is 1.61. The van der Waals surface area contributed by atoms with Crippen LogP contribution in [0, 0.1) is 5.82 Å². The molecule has 0 radical (unpaired) electrons. The average molecular weight is 370 g/mol. The molecule has 1 aliphatic rings. The summed E-state index contributed by atoms with van der Waals surface area (Å²) in [6, 6.07) is 13.5. The molecule has 0 saturated heterocycles. The van der Waals surface area contributed by atoms with Crippen LogP contribution in [0.4, 0.5) is 14.9 Å². The van der Waals surface area contributed by atoms with Gasteiger partial charge in [0.1, 0.15) is 5.82 Å². The Kier molecular flexibility index (Phi) is 5.74. The van der Waals surface area contributed by atoms with E-state index in [0.717, 1.165) is 36.8 Å². The van der Waals surface area contributed by atoms with Crippen LogP contribution in [0.2, 0.25) is 0 Å². The minimum absolute atomic E-state index is 0.0673. The number of anilines is 1. The molecular weight excluding hydrogens is 347 g/mol. The first-order chi connectivity index (χ1) is 13.0. The number of benzene rings is 2. The zero-order chi connectivity index (χ0) is 19.3. The molecule has 1 saturated carbocycles. The van der Waals surface area contributed by atoms with Crippen molar-refractivity contribution in [3.8, 4) is 0 Å². The number of carbonyl (C=O) groups is 2. The monoisotopic (exact) mass is 370 g/mol. The molecule has 1 aliphatic carbocycles. The first-order valence-corrected chi connectivity index (χ1v) is 9.02. The van der Waals surface area contributed by atoms with Gasteiger partial charge in [0.25, 0.3) is 0 Å². The predicted molar refractivity (Wildman–Crippen MR) is 101 cm³/mol. The van der Waals surface area contributed by atoms with Crippen LogP contribution < -0.4 is 10.6 Å². The summed E-state index contributed by atoms with van der Waals surface area (Å²) < 4.78 is 18.2. The topological polar surface area (TPSA) is 67.4 Å². The van der Waals surface area contributed by atoms with Crippen molar-refractivity contribution in [2.75, 3.05) is 12.4 Å². The van der Waals surface area contributed by atoms with Crippen molar-refractivity contribution < 1.29 is 18.7 Å². The normalized spacial score (nSPS) is 15.2. The summed E-state index contributed by atoms with van der Waals surface area (Å²) >= 11 is 0. The Morgan fingerprint density at radius 1 is 1.11 bits per heavy atom. The van der Waals surface area contributed by atoms with Crippen molar-refractivity contribution in [3.63, 3.8) is 0 Å². The highest BCUT2D eigenvalue weighted by molar-refractivity contribution is 5.88. The van der Waals surface area contributed by atoms with Gasteiger partial charge in [0, 0.05) is 12.2 Å². The van der Waals surface area contributed by atoms with Gasteiger partial charge in [0.05, 0.1) is 12.5 Å². The van der Waals surface area contributed by atoms with E-state index in [0.29, 0.717) is 12.2 Å². The van der Waals surface area contributed by atoms with E-state index >= 15 is 0 Å². The first-order valence-electron chi connectivity index (χ1n) is 9.02. The molecule has 0 atom stereocenters. The Morgan fingerprint density at radius 2 is 1.81 bits per heavy atom. The third kappa shape index (κ3) is 4.27. The van der Waals surface area contributed by atoms with Crippen molar-refractivity contribution in [3.05, 3.63) is 65.5 Å². The van der Waals surface area contributed by atoms with E-state index in [2.05, 4.69) is 15.4 Å². The molecule has 27 heavy (non-hydrogen) atoms. The number of hydrogen-bond donors (Lipinski definition) is 2. The van der Waals surface area contributed by atoms with Crippen LogP contribution in [0.3, 0.4) is 0 Å². The van der Waals surface area contributed by atoms with Crippen LogP contribution in [-0.4, -0.2) is 19.1 Å². The summed E-state index contributed by atoms with van der Waals surface area (Å²) in [4.78, 5) is 24.2. The van der Waals surface area contributed by atoms with E-state index in [1.807, 2.05) is 18.2 Å². The number of nitrogens with one attached hydrogen (secondary N) is 2. The number of halogens is 1. The standard InChI is InChI=1S/C21H23FN2O3/c1-27-20(26)24-18-9-7-15(8-10-18)14-23-19(25)21(11-2-3-12-21)16-5-4-6-17(22)13-16/h4-10,13H,2-3,11-12,14H2,1H3,(H,23,25)(H,24,26). The van der Waals surface area contributed by atoms with Gasteiger partial charge in [-0.3, -0.25) is 10.1 Å². The largest absolute Gasteiger partial charge is 0.453 e. The smallest absolute Gasteiger partial charge is 0.411 e. The Bertz CT molecular complexity index is 814. The molecule has 2 aromatic rings. The van der Waals surface area contributed by atoms with Gasteiger partial charge < -0.3 is 10.1 Å². The van der Waals surface area contributed by atoms with Crippen molar-refractivity contribution in [2.24, 2.45) is 0 Å². The van der Waals surface area contributed by atoms with Gasteiger partial charge in [0.2, 0.25) is 5.91 Å². The van der Waals surface area contributed by atoms with Gasteiger partial charge in [-0.15, -0.1) is 0 Å². The molecule has 2 N–H and O–H groups in total. The highest BCUT2D eigenvalue weighted by Crippen LogP contribution is 2.41. The van der Waals surface area contributed by atoms with Gasteiger partial charge in [-0.25, -0.2) is 9.18 Å². The molecule has 0 heterocycles. The maximum Gasteiger partial charge on any atom is 0.411 e. The van der Waals surface area contributed by atoms with Crippen molar-refractivity contribution in [1.29, 1.82) is 0 Å². The Labute approximate surface area is 157 Å². The summed E-state index contributed by atoms with van der Waals surface area (Å²) in [6.07, 6.45) is 2.83. The molecule has 0 unspecified atom stereocenters. The summed E-state index contributed by atoms with van der Waals surface area (Å²) in [5, 5.41) is 5.57. The van der Waals surface area contributed by atoms with Crippen LogP contribution >= 0.6 is 0 Å². The third-order valence-electron chi connectivity index (χ3n) is 5.11. The van der Waals surface area contributed by atoms with Crippen LogP contribution in [0.15, 0.2) is 48.5 Å². The minimum Gasteiger partial charge on any atom is -0.453 e. The second kappa shape index (κ2) is 8.20. The molecular formula is C21H23FN2O3. The Morgan fingerprint density at radius 3 is 2.44 bits per heavy atom. The molecule has 3 rings (SSSR count). The minimum atomic E-state index is -0.658. The van der Waals surface area contributed by atoms with E-state index in [9.17, 15) is 14.0 Å². The van der Waals surface area contributed by atoms with Crippen LogP contribution in [0.1, 0.15) is 36.8 Å². The van der Waals surface area contributed by atoms with E-state index in [1.54, 1.807) is 18.2 Å². The van der Waals surface area contributed by atoms with Crippen LogP contribution in [0.25, 0.3) is 0 Å². The van der Waals surface area contributed by atoms with Gasteiger partial charge in [-0.2, -0.15) is 0 Å². The molecule has 0 aromatic heterocycles. The summed E-state index contributed by atoms with van der Waals surface area (Å²) in [5.74, 6) is -0.386. The maximum atomic E-state index is 13.7. The molecule has 1 fully saturated rings. The van der Waals surface area contributed by atoms with Crippen molar-refractivity contribution >= 4 is 17.7 Å². The average Bonchev–Trinajstić information content (AvgIpc) is 3.18. The zero-order valence-electron chi connectivity index (χ0n) is 15.3. The number of carbonyl (C=O) groups excluding carboxylic acids is 2. The van der Waals surface area contributed by atoms with Crippen molar-refractivity contribution in [1.82, 2.24) is 5.32 Å². The van der Waals surface area contributed by atoms with E-state index in [4.69, 9.17) is 0 Å². The zero-order valence-corrected chi connectivity index (χ0v) is 15.3. The van der Waals surface area contributed by atoms with Gasteiger partial charge in [0.15, 0.2) is 0 Å². The maximum absolute atomic E-state index is 13.7. The Hall–Kier alpha value is -2.89. The molecule has 0 bridgehead atoms. The summed E-state index contributed by atoms with van der Waals surface area (Å²) in [7, 11) is 1.30. The first kappa shape index (κ1) is 18.9. The molecule has 5 nitrogen and oxygen atoms in total. The highest BCUT2D eigenvalue weighted by atomic mass is 19.1. The lowest BCUT2D eigenvalue weighted by Gasteiger charge is -2.28. The predicted octanol–water partition coefficient (Wildman–Crippen LogP) is 4.13. The number of ether oxygens (including phenoxy) is 1. The number of hydrogen-bond acceptors (Lipinski definition) is 3. The van der Waals surface area contributed by atoms with Crippen molar-refractivity contribution in [2.45, 2.75) is 37.6 Å². The molecule has 2 amide bonds. The second-order valence-electron chi connectivity index (χ2n) is 6.80. The van der Waals surface area contributed by atoms with Crippen LogP contribution in [0.5, 0.6) is 0 Å². The molecule has 142 valence electrons. The summed E-state index contributed by atoms with van der Waals surface area (Å²) in [6.45, 7) is 0.369. The van der Waals surface area contributed by atoms with Gasteiger partial charge in [-0.1, -0.05) is 37.1 Å². The number of amides is 2. The lowest BCUT2D eigenvalue weighted by Crippen LogP contribution is -2.42. The SMILES string of the molecule is COC(=O)Nc1ccc(CNC(=O)C2(c3cccc(F)c3)CCCC2)cc1. The van der Waals surface area contributed by atoms with Gasteiger partial charge >= 0.3 is 6.09 Å². The number of methoxy groups -OCH3 is 1. The van der Waals surface area contributed by atoms with Crippen LogP contribution in [-0.2, 0) is 21.5 Å². The van der Waals surface area contributed by atoms with E-state index in [1.165, 1.54) is 19.2 Å². The molecule has 0 spiro atoms. The molecule has 0 aliphatic heterocycles. The fourth-order valence-corrected chi connectivity index (χ4v) is 3.64. The second-order valence-corrected chi connectivity index (χ2v) is 6.80. The molecule has 6 heteroatoms. The van der Waals surface area contributed by atoms with E-state index < -0.39 is 11.5 Å². The lowest BCUT2D eigenvalue weighted by molar-refractivity contribution is -0.126. The quantitative estimate of drug-likeness (QED) is 0.831. The fraction of sp³-hybridized carbons (Fsp3) is 0.333. The molecule has 2 aromatic carbocycles. The highest BCUT2D eigenvalue weighted by Gasteiger charge is 2.42. The number of rotatable bonds is 5. The third-order valence-corrected chi connectivity index (χ3v) is 5.11.